The standard InChI is InChI=1S/C14H16IN3O2/c1-9-3-5-11(6-4-9)20-7-10(2)18-13-12(15)14(19)17-8-16-13/h3-6,8,10H,7H2,1-2H3,(H2,16,17,18,19). The van der Waals surface area contributed by atoms with Gasteiger partial charge in [-0.25, -0.2) is 4.98 Å². The highest BCUT2D eigenvalue weighted by atomic mass is 127. The lowest BCUT2D eigenvalue weighted by Crippen LogP contribution is -2.26. The molecule has 1 atom stereocenters. The van der Waals surface area contributed by atoms with Crippen LogP contribution in [0.3, 0.4) is 0 Å². The highest BCUT2D eigenvalue weighted by Gasteiger charge is 2.09. The molecular formula is C14H16IN3O2. The van der Waals surface area contributed by atoms with Gasteiger partial charge in [-0.1, -0.05) is 17.7 Å². The van der Waals surface area contributed by atoms with Crippen LogP contribution in [0.25, 0.3) is 0 Å². The lowest BCUT2D eigenvalue weighted by Gasteiger charge is -2.16. The normalized spacial score (nSPS) is 11.9. The number of ether oxygens (including phenoxy) is 1. The maximum atomic E-state index is 11.5. The van der Waals surface area contributed by atoms with Gasteiger partial charge in [0.25, 0.3) is 5.56 Å². The Labute approximate surface area is 130 Å². The van der Waals surface area contributed by atoms with Crippen LogP contribution >= 0.6 is 22.6 Å². The molecule has 0 amide bonds. The summed E-state index contributed by atoms with van der Waals surface area (Å²) >= 11 is 1.97. The van der Waals surface area contributed by atoms with Gasteiger partial charge in [-0.2, -0.15) is 0 Å². The van der Waals surface area contributed by atoms with E-state index in [1.807, 2.05) is 60.7 Å². The van der Waals surface area contributed by atoms with Crippen molar-refractivity contribution in [3.05, 3.63) is 50.1 Å². The van der Waals surface area contributed by atoms with E-state index in [2.05, 4.69) is 15.3 Å². The van der Waals surface area contributed by atoms with Crippen LogP contribution in [0, 0.1) is 10.5 Å². The minimum absolute atomic E-state index is 0.0409. The summed E-state index contributed by atoms with van der Waals surface area (Å²) in [5.74, 6) is 1.41. The van der Waals surface area contributed by atoms with Gasteiger partial charge >= 0.3 is 0 Å². The molecule has 1 aromatic carbocycles. The van der Waals surface area contributed by atoms with Crippen LogP contribution < -0.4 is 15.6 Å². The molecule has 2 rings (SSSR count). The third-order valence-corrected chi connectivity index (χ3v) is 3.70. The number of aryl methyl sites for hydroxylation is 1. The molecule has 6 heteroatoms. The van der Waals surface area contributed by atoms with Gasteiger partial charge in [-0.15, -0.1) is 0 Å². The first kappa shape index (κ1) is 14.8. The van der Waals surface area contributed by atoms with Gasteiger partial charge in [0.05, 0.1) is 12.4 Å². The van der Waals surface area contributed by atoms with Crippen LogP contribution in [0.15, 0.2) is 35.4 Å². The van der Waals surface area contributed by atoms with Crippen molar-refractivity contribution in [3.63, 3.8) is 0 Å². The lowest BCUT2D eigenvalue weighted by molar-refractivity contribution is 0.303. The SMILES string of the molecule is Cc1ccc(OCC(C)Nc2nc[nH]c(=O)c2I)cc1. The lowest BCUT2D eigenvalue weighted by atomic mass is 10.2. The zero-order chi connectivity index (χ0) is 14.5. The van der Waals surface area contributed by atoms with E-state index in [-0.39, 0.29) is 11.6 Å². The Morgan fingerprint density at radius 3 is 2.80 bits per heavy atom. The number of aromatic amines is 1. The predicted octanol–water partition coefficient (Wildman–Crippen LogP) is 2.56. The molecule has 1 unspecified atom stereocenters. The number of halogens is 1. The first-order valence-corrected chi connectivity index (χ1v) is 7.33. The molecule has 0 aliphatic carbocycles. The van der Waals surface area contributed by atoms with Crippen LogP contribution in [0.4, 0.5) is 5.82 Å². The maximum absolute atomic E-state index is 11.5. The average Bonchev–Trinajstić information content (AvgIpc) is 2.43. The van der Waals surface area contributed by atoms with Gasteiger partial charge < -0.3 is 15.0 Å². The van der Waals surface area contributed by atoms with Crippen molar-refractivity contribution in [2.75, 3.05) is 11.9 Å². The van der Waals surface area contributed by atoms with Crippen LogP contribution in [0.2, 0.25) is 0 Å². The zero-order valence-corrected chi connectivity index (χ0v) is 13.5. The van der Waals surface area contributed by atoms with Gasteiger partial charge in [0.2, 0.25) is 0 Å². The molecule has 2 N–H and O–H groups in total. The quantitative estimate of drug-likeness (QED) is 0.777. The van der Waals surface area contributed by atoms with E-state index in [9.17, 15) is 4.79 Å². The largest absolute Gasteiger partial charge is 0.491 e. The van der Waals surface area contributed by atoms with Crippen molar-refractivity contribution in [1.82, 2.24) is 9.97 Å². The minimum atomic E-state index is -0.144. The second-order valence-electron chi connectivity index (χ2n) is 4.56. The van der Waals surface area contributed by atoms with E-state index in [0.29, 0.717) is 16.0 Å². The molecule has 0 fully saturated rings. The Morgan fingerprint density at radius 2 is 2.10 bits per heavy atom. The molecule has 106 valence electrons. The monoisotopic (exact) mass is 385 g/mol. The summed E-state index contributed by atoms with van der Waals surface area (Å²) in [5, 5.41) is 3.17. The Kier molecular flexibility index (Phi) is 4.99. The molecule has 1 aromatic heterocycles. The predicted molar refractivity (Wildman–Crippen MR) is 87.3 cm³/mol. The smallest absolute Gasteiger partial charge is 0.266 e. The highest BCUT2D eigenvalue weighted by molar-refractivity contribution is 14.1. The molecule has 0 aliphatic heterocycles. The first-order chi connectivity index (χ1) is 9.56. The number of hydrogen-bond donors (Lipinski definition) is 2. The summed E-state index contributed by atoms with van der Waals surface area (Å²) in [6.45, 7) is 4.51. The maximum Gasteiger partial charge on any atom is 0.266 e. The van der Waals surface area contributed by atoms with E-state index >= 15 is 0 Å². The van der Waals surface area contributed by atoms with Crippen LogP contribution in [0.5, 0.6) is 5.75 Å². The van der Waals surface area contributed by atoms with Gasteiger partial charge in [-0.05, 0) is 48.6 Å². The molecule has 1 heterocycles. The van der Waals surface area contributed by atoms with Gasteiger partial charge in [0.1, 0.15) is 21.7 Å². The number of H-pyrrole nitrogens is 1. The zero-order valence-electron chi connectivity index (χ0n) is 11.3. The average molecular weight is 385 g/mol. The summed E-state index contributed by atoms with van der Waals surface area (Å²) in [7, 11) is 0. The molecule has 5 nitrogen and oxygen atoms in total. The van der Waals surface area contributed by atoms with Crippen LogP contribution in [-0.2, 0) is 0 Å². The summed E-state index contributed by atoms with van der Waals surface area (Å²) in [5.41, 5.74) is 1.06. The molecule has 0 radical (unpaired) electrons. The number of hydrogen-bond acceptors (Lipinski definition) is 4. The Hall–Kier alpha value is -1.57. The van der Waals surface area contributed by atoms with Crippen molar-refractivity contribution in [2.24, 2.45) is 0 Å². The fourth-order valence-electron chi connectivity index (χ4n) is 1.61. The number of anilines is 1. The third kappa shape index (κ3) is 3.96. The van der Waals surface area contributed by atoms with Gasteiger partial charge in [-0.3, -0.25) is 4.79 Å². The molecule has 0 bridgehead atoms. The van der Waals surface area contributed by atoms with Crippen molar-refractivity contribution in [3.8, 4) is 5.75 Å². The van der Waals surface area contributed by atoms with E-state index in [4.69, 9.17) is 4.74 Å². The summed E-state index contributed by atoms with van der Waals surface area (Å²) < 4.78 is 6.23. The second-order valence-corrected chi connectivity index (χ2v) is 5.64. The van der Waals surface area contributed by atoms with E-state index in [1.165, 1.54) is 11.9 Å². The van der Waals surface area contributed by atoms with Gasteiger partial charge in [0, 0.05) is 0 Å². The Morgan fingerprint density at radius 1 is 1.40 bits per heavy atom. The number of nitrogens with zero attached hydrogens (tertiary/aromatic N) is 1. The minimum Gasteiger partial charge on any atom is -0.491 e. The molecule has 0 spiro atoms. The van der Waals surface area contributed by atoms with E-state index in [0.717, 1.165) is 5.75 Å². The summed E-state index contributed by atoms with van der Waals surface area (Å²) in [6.07, 6.45) is 1.39. The van der Waals surface area contributed by atoms with Crippen molar-refractivity contribution >= 4 is 28.4 Å². The van der Waals surface area contributed by atoms with Crippen LogP contribution in [-0.4, -0.2) is 22.6 Å². The Balaban J connectivity index is 1.92. The second kappa shape index (κ2) is 6.74. The molecule has 0 saturated heterocycles. The fourth-order valence-corrected chi connectivity index (χ4v) is 2.07. The van der Waals surface area contributed by atoms with E-state index in [1.54, 1.807) is 0 Å². The molecule has 0 aliphatic rings. The topological polar surface area (TPSA) is 67.0 Å². The van der Waals surface area contributed by atoms with Crippen molar-refractivity contribution < 1.29 is 4.74 Å². The highest BCUT2D eigenvalue weighted by Crippen LogP contribution is 2.13. The van der Waals surface area contributed by atoms with Crippen molar-refractivity contribution in [2.45, 2.75) is 19.9 Å². The summed E-state index contributed by atoms with van der Waals surface area (Å²) in [4.78, 5) is 18.1. The number of rotatable bonds is 5. The molecular weight excluding hydrogens is 369 g/mol. The third-order valence-electron chi connectivity index (χ3n) is 2.70. The fraction of sp³-hybridized carbons (Fsp3) is 0.286. The Bertz CT molecular complexity index is 625. The van der Waals surface area contributed by atoms with Crippen LogP contribution in [0.1, 0.15) is 12.5 Å². The number of benzene rings is 1. The summed E-state index contributed by atoms with van der Waals surface area (Å²) in [6, 6.07) is 7.94. The molecule has 20 heavy (non-hydrogen) atoms. The van der Waals surface area contributed by atoms with Crippen molar-refractivity contribution in [1.29, 1.82) is 0 Å². The molecule has 2 aromatic rings. The van der Waals surface area contributed by atoms with E-state index < -0.39 is 0 Å². The molecule has 0 saturated carbocycles. The van der Waals surface area contributed by atoms with Gasteiger partial charge in [0.15, 0.2) is 0 Å². The first-order valence-electron chi connectivity index (χ1n) is 6.25. The number of nitrogens with one attached hydrogen (secondary N) is 2. The number of aromatic nitrogens is 2.